The molecule has 100 valence electrons. The second-order valence-corrected chi connectivity index (χ2v) is 4.95. The van der Waals surface area contributed by atoms with E-state index < -0.39 is 0 Å². The predicted molar refractivity (Wildman–Crippen MR) is 72.0 cm³/mol. The van der Waals surface area contributed by atoms with Gasteiger partial charge in [0.2, 0.25) is 0 Å². The molecule has 1 fully saturated rings. The minimum atomic E-state index is 0.119. The van der Waals surface area contributed by atoms with E-state index in [9.17, 15) is 5.11 Å². The Balaban J connectivity index is 2.13. The van der Waals surface area contributed by atoms with Gasteiger partial charge >= 0.3 is 0 Å². The molecule has 0 bridgehead atoms. The van der Waals surface area contributed by atoms with Crippen molar-refractivity contribution in [2.24, 2.45) is 0 Å². The van der Waals surface area contributed by atoms with Gasteiger partial charge in [0.05, 0.1) is 6.10 Å². The molecule has 1 aliphatic heterocycles. The van der Waals surface area contributed by atoms with Crippen molar-refractivity contribution in [2.75, 3.05) is 26.2 Å². The van der Waals surface area contributed by atoms with E-state index in [2.05, 4.69) is 10.2 Å². The van der Waals surface area contributed by atoms with E-state index in [1.165, 1.54) is 0 Å². The molecule has 0 aliphatic carbocycles. The number of phenolic OH excluding ortho intramolecular Hbond substituents is 1. The lowest BCUT2D eigenvalue weighted by Crippen LogP contribution is -2.42. The Morgan fingerprint density at radius 2 is 2.06 bits per heavy atom. The minimum Gasteiger partial charge on any atom is -0.507 e. The van der Waals surface area contributed by atoms with Gasteiger partial charge in [-0.15, -0.1) is 0 Å². The molecule has 0 unspecified atom stereocenters. The van der Waals surface area contributed by atoms with Gasteiger partial charge in [-0.1, -0.05) is 6.07 Å². The van der Waals surface area contributed by atoms with Crippen LogP contribution in [0.25, 0.3) is 0 Å². The molecule has 0 amide bonds. The number of piperazine rings is 1. The Hall–Kier alpha value is -1.26. The van der Waals surface area contributed by atoms with Crippen LogP contribution in [0.3, 0.4) is 0 Å². The van der Waals surface area contributed by atoms with E-state index in [0.29, 0.717) is 5.75 Å². The predicted octanol–water partition coefficient (Wildman–Crippen LogP) is 1.58. The summed E-state index contributed by atoms with van der Waals surface area (Å²) in [6.07, 6.45) is 0.119. The molecule has 0 aromatic heterocycles. The molecule has 2 rings (SSSR count). The van der Waals surface area contributed by atoms with Gasteiger partial charge in [0.15, 0.2) is 0 Å². The molecule has 1 aliphatic rings. The van der Waals surface area contributed by atoms with Gasteiger partial charge < -0.3 is 15.2 Å². The fraction of sp³-hybridized carbons (Fsp3) is 0.571. The first kappa shape index (κ1) is 13.2. The maximum Gasteiger partial charge on any atom is 0.127 e. The Morgan fingerprint density at radius 3 is 2.72 bits per heavy atom. The van der Waals surface area contributed by atoms with E-state index in [-0.39, 0.29) is 6.10 Å². The second kappa shape index (κ2) is 6.07. The molecule has 4 heteroatoms. The number of nitrogens with zero attached hydrogens (tertiary/aromatic N) is 1. The summed E-state index contributed by atoms with van der Waals surface area (Å²) in [5.41, 5.74) is 0.896. The van der Waals surface area contributed by atoms with Crippen molar-refractivity contribution in [3.8, 4) is 11.5 Å². The second-order valence-electron chi connectivity index (χ2n) is 4.95. The average Bonchev–Trinajstić information content (AvgIpc) is 2.34. The van der Waals surface area contributed by atoms with Gasteiger partial charge in [-0.05, 0) is 26.0 Å². The molecule has 2 N–H and O–H groups in total. The maximum absolute atomic E-state index is 10.0. The molecule has 4 nitrogen and oxygen atoms in total. The number of benzene rings is 1. The molecule has 1 aromatic rings. The third kappa shape index (κ3) is 3.37. The van der Waals surface area contributed by atoms with Crippen molar-refractivity contribution < 1.29 is 9.84 Å². The smallest absolute Gasteiger partial charge is 0.127 e. The SMILES string of the molecule is CC(C)Oc1cccc(O)c1CN1CCNCC1. The Labute approximate surface area is 109 Å². The number of ether oxygens (including phenoxy) is 1. The number of aromatic hydroxyl groups is 1. The molecule has 0 atom stereocenters. The molecule has 0 saturated carbocycles. The monoisotopic (exact) mass is 250 g/mol. The highest BCUT2D eigenvalue weighted by atomic mass is 16.5. The summed E-state index contributed by atoms with van der Waals surface area (Å²) >= 11 is 0. The first-order valence-electron chi connectivity index (χ1n) is 6.57. The molecular formula is C14H22N2O2. The fourth-order valence-electron chi connectivity index (χ4n) is 2.17. The van der Waals surface area contributed by atoms with Crippen molar-refractivity contribution in [1.29, 1.82) is 0 Å². The molecule has 1 heterocycles. The van der Waals surface area contributed by atoms with Crippen LogP contribution in [0.1, 0.15) is 19.4 Å². The first-order chi connectivity index (χ1) is 8.66. The highest BCUT2D eigenvalue weighted by Crippen LogP contribution is 2.29. The Kier molecular flexibility index (Phi) is 4.44. The van der Waals surface area contributed by atoms with Crippen molar-refractivity contribution in [3.63, 3.8) is 0 Å². The first-order valence-corrected chi connectivity index (χ1v) is 6.57. The van der Waals surface area contributed by atoms with Crippen molar-refractivity contribution >= 4 is 0 Å². The topological polar surface area (TPSA) is 44.7 Å². The van der Waals surface area contributed by atoms with E-state index in [1.807, 2.05) is 26.0 Å². The quantitative estimate of drug-likeness (QED) is 0.851. The minimum absolute atomic E-state index is 0.119. The van der Waals surface area contributed by atoms with E-state index in [1.54, 1.807) is 6.07 Å². The van der Waals surface area contributed by atoms with Gasteiger partial charge in [0.1, 0.15) is 11.5 Å². The van der Waals surface area contributed by atoms with Crippen LogP contribution >= 0.6 is 0 Å². The van der Waals surface area contributed by atoms with E-state index in [4.69, 9.17) is 4.74 Å². The molecule has 0 radical (unpaired) electrons. The summed E-state index contributed by atoms with van der Waals surface area (Å²) < 4.78 is 5.77. The molecule has 0 spiro atoms. The number of hydrogen-bond acceptors (Lipinski definition) is 4. The largest absolute Gasteiger partial charge is 0.507 e. The zero-order chi connectivity index (χ0) is 13.0. The summed E-state index contributed by atoms with van der Waals surface area (Å²) in [7, 11) is 0. The summed E-state index contributed by atoms with van der Waals surface area (Å²) in [5, 5.41) is 13.3. The normalized spacial score (nSPS) is 17.1. The lowest BCUT2D eigenvalue weighted by atomic mass is 10.1. The fourth-order valence-corrected chi connectivity index (χ4v) is 2.17. The van der Waals surface area contributed by atoms with E-state index >= 15 is 0 Å². The molecule has 1 aromatic carbocycles. The lowest BCUT2D eigenvalue weighted by molar-refractivity contribution is 0.211. The van der Waals surface area contributed by atoms with Crippen LogP contribution in [0.15, 0.2) is 18.2 Å². The van der Waals surface area contributed by atoms with Crippen LogP contribution < -0.4 is 10.1 Å². The Bertz CT molecular complexity index is 387. The van der Waals surface area contributed by atoms with Gasteiger partial charge in [-0.25, -0.2) is 0 Å². The van der Waals surface area contributed by atoms with Gasteiger partial charge in [-0.3, -0.25) is 4.90 Å². The average molecular weight is 250 g/mol. The van der Waals surface area contributed by atoms with Crippen molar-refractivity contribution in [1.82, 2.24) is 10.2 Å². The van der Waals surface area contributed by atoms with Gasteiger partial charge in [0.25, 0.3) is 0 Å². The third-order valence-corrected chi connectivity index (χ3v) is 3.06. The number of rotatable bonds is 4. The van der Waals surface area contributed by atoms with Crippen molar-refractivity contribution in [2.45, 2.75) is 26.5 Å². The van der Waals surface area contributed by atoms with Crippen LogP contribution in [-0.4, -0.2) is 42.3 Å². The zero-order valence-electron chi connectivity index (χ0n) is 11.1. The van der Waals surface area contributed by atoms with Crippen molar-refractivity contribution in [3.05, 3.63) is 23.8 Å². The third-order valence-electron chi connectivity index (χ3n) is 3.06. The highest BCUT2D eigenvalue weighted by molar-refractivity contribution is 5.44. The van der Waals surface area contributed by atoms with Crippen LogP contribution in [0, 0.1) is 0 Å². The molecule has 1 saturated heterocycles. The highest BCUT2D eigenvalue weighted by Gasteiger charge is 2.16. The van der Waals surface area contributed by atoms with Crippen LogP contribution in [0.2, 0.25) is 0 Å². The summed E-state index contributed by atoms with van der Waals surface area (Å²) in [4.78, 5) is 2.33. The summed E-state index contributed by atoms with van der Waals surface area (Å²) in [6.45, 7) is 8.78. The maximum atomic E-state index is 10.0. The number of phenols is 1. The van der Waals surface area contributed by atoms with Crippen LogP contribution in [-0.2, 0) is 6.54 Å². The molecular weight excluding hydrogens is 228 g/mol. The Morgan fingerprint density at radius 1 is 1.33 bits per heavy atom. The summed E-state index contributed by atoms with van der Waals surface area (Å²) in [6, 6.07) is 5.48. The molecule has 18 heavy (non-hydrogen) atoms. The standard InChI is InChI=1S/C14H22N2O2/c1-11(2)18-14-5-3-4-13(17)12(14)10-16-8-6-15-7-9-16/h3-5,11,15,17H,6-10H2,1-2H3. The lowest BCUT2D eigenvalue weighted by Gasteiger charge is -2.28. The zero-order valence-corrected chi connectivity index (χ0v) is 11.1. The summed E-state index contributed by atoms with van der Waals surface area (Å²) in [5.74, 6) is 1.12. The van der Waals surface area contributed by atoms with Crippen LogP contribution in [0.5, 0.6) is 11.5 Å². The van der Waals surface area contributed by atoms with E-state index in [0.717, 1.165) is 44.0 Å². The van der Waals surface area contributed by atoms with Gasteiger partial charge in [0, 0.05) is 38.3 Å². The van der Waals surface area contributed by atoms with Crippen LogP contribution in [0.4, 0.5) is 0 Å². The van der Waals surface area contributed by atoms with Gasteiger partial charge in [-0.2, -0.15) is 0 Å². The number of nitrogens with one attached hydrogen (secondary N) is 1. The number of hydrogen-bond donors (Lipinski definition) is 2.